The zero-order valence-electron chi connectivity index (χ0n) is 21.0. The molecule has 2 aromatic rings. The fraction of sp³-hybridized carbons (Fsp3) is 0.571. The quantitative estimate of drug-likeness (QED) is 0.386. The van der Waals surface area contributed by atoms with Gasteiger partial charge in [0.05, 0.1) is 31.6 Å². The highest BCUT2D eigenvalue weighted by atomic mass is 31.2. The first kappa shape index (κ1) is 26.2. The van der Waals surface area contributed by atoms with E-state index < -0.39 is 19.1 Å². The Morgan fingerprint density at radius 2 is 1.74 bits per heavy atom. The minimum atomic E-state index is -3.30. The number of ether oxygens (including phenoxy) is 2. The topological polar surface area (TPSA) is 96.2 Å². The van der Waals surface area contributed by atoms with Gasteiger partial charge >= 0.3 is 0 Å². The molecule has 0 spiro atoms. The van der Waals surface area contributed by atoms with Gasteiger partial charge in [-0.15, -0.1) is 0 Å². The normalized spacial score (nSPS) is 29.0. The molecule has 6 nitrogen and oxygen atoms in total. The third-order valence-electron chi connectivity index (χ3n) is 7.63. The monoisotopic (exact) mass is 502 g/mol. The van der Waals surface area contributed by atoms with Crippen LogP contribution in [-0.4, -0.2) is 47.3 Å². The lowest BCUT2D eigenvalue weighted by Gasteiger charge is -2.43. The van der Waals surface area contributed by atoms with Crippen molar-refractivity contribution in [2.24, 2.45) is 5.92 Å². The molecular weight excluding hydrogens is 463 g/mol. The summed E-state index contributed by atoms with van der Waals surface area (Å²) in [7, 11) is -1.59. The van der Waals surface area contributed by atoms with Gasteiger partial charge in [-0.25, -0.2) is 0 Å². The third kappa shape index (κ3) is 6.89. The van der Waals surface area contributed by atoms with E-state index >= 15 is 0 Å². The van der Waals surface area contributed by atoms with Gasteiger partial charge in [0.25, 0.3) is 0 Å². The molecule has 3 N–H and O–H groups in total. The molecule has 0 aliphatic heterocycles. The molecule has 192 valence electrons. The van der Waals surface area contributed by atoms with E-state index in [4.69, 9.17) is 9.47 Å². The van der Waals surface area contributed by atoms with Crippen LogP contribution in [0.1, 0.15) is 80.1 Å². The molecule has 2 fully saturated rings. The Labute approximate surface area is 208 Å². The van der Waals surface area contributed by atoms with E-state index in [0.29, 0.717) is 35.7 Å². The van der Waals surface area contributed by atoms with Gasteiger partial charge in [0.2, 0.25) is 7.37 Å². The van der Waals surface area contributed by atoms with Gasteiger partial charge in [-0.05, 0) is 104 Å². The minimum Gasteiger partial charge on any atom is -0.497 e. The molecule has 0 bridgehead atoms. The van der Waals surface area contributed by atoms with E-state index in [1.807, 2.05) is 25.1 Å². The van der Waals surface area contributed by atoms with E-state index in [2.05, 4.69) is 12.1 Å². The molecule has 1 unspecified atom stereocenters. The van der Waals surface area contributed by atoms with Gasteiger partial charge in [-0.3, -0.25) is 4.57 Å². The van der Waals surface area contributed by atoms with Crippen molar-refractivity contribution in [3.05, 3.63) is 59.2 Å². The second-order valence-corrected chi connectivity index (χ2v) is 13.4. The van der Waals surface area contributed by atoms with Crippen molar-refractivity contribution in [3.8, 4) is 11.5 Å². The van der Waals surface area contributed by atoms with E-state index in [0.717, 1.165) is 44.3 Å². The van der Waals surface area contributed by atoms with Crippen molar-refractivity contribution >= 4 is 7.37 Å². The predicted octanol–water partition coefficient (Wildman–Crippen LogP) is 5.61. The lowest BCUT2D eigenvalue weighted by atomic mass is 9.66. The zero-order valence-corrected chi connectivity index (χ0v) is 21.9. The first-order valence-corrected chi connectivity index (χ1v) is 14.9. The van der Waals surface area contributed by atoms with E-state index in [9.17, 15) is 19.7 Å². The molecule has 0 heterocycles. The molecule has 2 aliphatic rings. The molecule has 2 saturated carbocycles. The minimum absolute atomic E-state index is 0.162. The summed E-state index contributed by atoms with van der Waals surface area (Å²) in [5.41, 5.74) is 2.80. The Morgan fingerprint density at radius 1 is 1.03 bits per heavy atom. The summed E-state index contributed by atoms with van der Waals surface area (Å²) in [6.45, 7) is 3.80. The lowest BCUT2D eigenvalue weighted by molar-refractivity contribution is -0.0316. The summed E-state index contributed by atoms with van der Waals surface area (Å²) in [4.78, 5) is 9.56. The Bertz CT molecular complexity index is 1050. The first-order chi connectivity index (χ1) is 16.5. The Morgan fingerprint density at radius 3 is 2.37 bits per heavy atom. The number of aliphatic hydroxyl groups is 2. The van der Waals surface area contributed by atoms with Gasteiger partial charge in [0, 0.05) is 6.66 Å². The number of rotatable bonds is 9. The highest BCUT2D eigenvalue weighted by molar-refractivity contribution is 7.57. The van der Waals surface area contributed by atoms with Crippen LogP contribution in [0.2, 0.25) is 0 Å². The summed E-state index contributed by atoms with van der Waals surface area (Å²) < 4.78 is 23.2. The van der Waals surface area contributed by atoms with Crippen LogP contribution in [-0.2, 0) is 4.57 Å². The molecule has 2 aliphatic carbocycles. The molecule has 0 aromatic heterocycles. The van der Waals surface area contributed by atoms with Crippen LogP contribution < -0.4 is 9.47 Å². The zero-order chi connectivity index (χ0) is 25.2. The van der Waals surface area contributed by atoms with Crippen molar-refractivity contribution in [3.63, 3.8) is 0 Å². The molecular formula is C28H39O6P. The molecule has 0 saturated heterocycles. The van der Waals surface area contributed by atoms with E-state index in [1.54, 1.807) is 19.2 Å². The van der Waals surface area contributed by atoms with Crippen LogP contribution in [0.4, 0.5) is 0 Å². The van der Waals surface area contributed by atoms with Crippen LogP contribution in [0.3, 0.4) is 0 Å². The SMILES string of the molecule is COc1ccc(C2CC(C)(O)C2)c(C2CCC(COc3cccc([C@H](O)CP(C)(=O)O)c3)CC2)c1. The van der Waals surface area contributed by atoms with Crippen LogP contribution >= 0.6 is 7.37 Å². The molecule has 2 atom stereocenters. The van der Waals surface area contributed by atoms with E-state index in [1.165, 1.54) is 17.8 Å². The van der Waals surface area contributed by atoms with Crippen LogP contribution in [0.15, 0.2) is 42.5 Å². The van der Waals surface area contributed by atoms with Crippen LogP contribution in [0.5, 0.6) is 11.5 Å². The van der Waals surface area contributed by atoms with Gasteiger partial charge in [-0.1, -0.05) is 18.2 Å². The molecule has 2 aromatic carbocycles. The molecule has 0 amide bonds. The second kappa shape index (κ2) is 10.6. The van der Waals surface area contributed by atoms with Crippen molar-refractivity contribution in [2.45, 2.75) is 69.0 Å². The fourth-order valence-corrected chi connectivity index (χ4v) is 6.57. The summed E-state index contributed by atoms with van der Waals surface area (Å²) in [5, 5.41) is 20.5. The van der Waals surface area contributed by atoms with Crippen molar-refractivity contribution in [1.29, 1.82) is 0 Å². The fourth-order valence-electron chi connectivity index (χ4n) is 5.72. The number of aliphatic hydroxyl groups excluding tert-OH is 1. The summed E-state index contributed by atoms with van der Waals surface area (Å²) in [5.74, 6) is 2.94. The average Bonchev–Trinajstić information content (AvgIpc) is 2.80. The van der Waals surface area contributed by atoms with Crippen molar-refractivity contribution in [1.82, 2.24) is 0 Å². The predicted molar refractivity (Wildman–Crippen MR) is 138 cm³/mol. The maximum atomic E-state index is 11.6. The molecule has 4 rings (SSSR count). The summed E-state index contributed by atoms with van der Waals surface area (Å²) in [6.07, 6.45) is 4.84. The number of methoxy groups -OCH3 is 1. The number of hydrogen-bond acceptors (Lipinski definition) is 5. The highest BCUT2D eigenvalue weighted by Gasteiger charge is 2.40. The maximum absolute atomic E-state index is 11.6. The Hall–Kier alpha value is -1.85. The lowest BCUT2D eigenvalue weighted by Crippen LogP contribution is -2.39. The van der Waals surface area contributed by atoms with Crippen LogP contribution in [0.25, 0.3) is 0 Å². The van der Waals surface area contributed by atoms with Crippen molar-refractivity contribution in [2.75, 3.05) is 26.5 Å². The smallest absolute Gasteiger partial charge is 0.200 e. The molecule has 0 radical (unpaired) electrons. The van der Waals surface area contributed by atoms with E-state index in [-0.39, 0.29) is 6.16 Å². The van der Waals surface area contributed by atoms with Gasteiger partial charge in [0.1, 0.15) is 11.5 Å². The Kier molecular flexibility index (Phi) is 7.97. The average molecular weight is 503 g/mol. The van der Waals surface area contributed by atoms with Gasteiger partial charge < -0.3 is 24.6 Å². The largest absolute Gasteiger partial charge is 0.497 e. The Balaban J connectivity index is 1.34. The third-order valence-corrected chi connectivity index (χ3v) is 8.66. The standard InChI is InChI=1S/C28H39O6P/c1-28(30)15-22(16-28)25-12-11-23(33-2)14-26(25)20-9-7-19(8-10-20)17-34-24-6-4-5-21(13-24)27(29)18-35(3,31)32/h4-6,11-14,19-20,22,27,29-30H,7-10,15-18H2,1-3H3,(H,31,32)/t19?,20?,22?,27-,28?/m1/s1. The number of benzene rings is 2. The van der Waals surface area contributed by atoms with Crippen molar-refractivity contribution < 1.29 is 29.1 Å². The van der Waals surface area contributed by atoms with Crippen LogP contribution in [0, 0.1) is 5.92 Å². The first-order valence-electron chi connectivity index (χ1n) is 12.6. The molecule has 35 heavy (non-hydrogen) atoms. The maximum Gasteiger partial charge on any atom is 0.200 e. The summed E-state index contributed by atoms with van der Waals surface area (Å²) >= 11 is 0. The van der Waals surface area contributed by atoms with Gasteiger partial charge in [-0.2, -0.15) is 0 Å². The summed E-state index contributed by atoms with van der Waals surface area (Å²) in [6, 6.07) is 13.6. The second-order valence-electron chi connectivity index (χ2n) is 10.9. The highest BCUT2D eigenvalue weighted by Crippen LogP contribution is 2.49. The van der Waals surface area contributed by atoms with Gasteiger partial charge in [0.15, 0.2) is 0 Å². The number of hydrogen-bond donors (Lipinski definition) is 3. The molecule has 7 heteroatoms.